The van der Waals surface area contributed by atoms with Crippen molar-refractivity contribution in [1.82, 2.24) is 9.88 Å². The molecular formula is C25H17N3OS2. The molecule has 1 aliphatic rings. The number of nitrogens with one attached hydrogen (secondary N) is 2. The highest BCUT2D eigenvalue weighted by molar-refractivity contribution is 7.73. The van der Waals surface area contributed by atoms with Crippen LogP contribution in [0.2, 0.25) is 0 Å². The number of aromatic nitrogens is 1. The summed E-state index contributed by atoms with van der Waals surface area (Å²) in [6.45, 7) is 0. The van der Waals surface area contributed by atoms with Crippen LogP contribution in [-0.2, 0) is 0 Å². The van der Waals surface area contributed by atoms with Crippen LogP contribution in [0.5, 0.6) is 0 Å². The van der Waals surface area contributed by atoms with E-state index in [1.807, 2.05) is 59.2 Å². The molecule has 0 bridgehead atoms. The average Bonchev–Trinajstić information content (AvgIpc) is 3.14. The number of fused-ring (bicyclic) bond motifs is 3. The molecule has 150 valence electrons. The number of amides is 1. The van der Waals surface area contributed by atoms with Crippen molar-refractivity contribution in [3.8, 4) is 5.69 Å². The van der Waals surface area contributed by atoms with Gasteiger partial charge in [-0.25, -0.2) is 0 Å². The minimum Gasteiger partial charge on any atom is -0.346 e. The number of hydrogen-bond acceptors (Lipinski definition) is 4. The number of benzene rings is 4. The lowest BCUT2D eigenvalue weighted by molar-refractivity contribution is 0.0940. The molecule has 6 heteroatoms. The Morgan fingerprint density at radius 2 is 1.42 bits per heavy atom. The second-order valence-corrected chi connectivity index (χ2v) is 9.14. The van der Waals surface area contributed by atoms with Gasteiger partial charge in [0, 0.05) is 11.3 Å². The molecule has 1 amide bonds. The first-order valence-electron chi connectivity index (χ1n) is 10.00. The Labute approximate surface area is 187 Å². The van der Waals surface area contributed by atoms with Crippen molar-refractivity contribution >= 4 is 56.8 Å². The predicted octanol–water partition coefficient (Wildman–Crippen LogP) is 6.43. The fourth-order valence-corrected chi connectivity index (χ4v) is 5.65. The van der Waals surface area contributed by atoms with Gasteiger partial charge in [-0.1, -0.05) is 78.1 Å². The number of thiazole rings is 1. The Morgan fingerprint density at radius 1 is 0.806 bits per heavy atom. The summed E-state index contributed by atoms with van der Waals surface area (Å²) in [5, 5.41) is 11.3. The SMILES string of the molecule is O=C1N[C@H](c2c3ccccc3cc3ccccc23)Nc2c1sc(=S)n2-c1ccccc1. The third kappa shape index (κ3) is 2.87. The Kier molecular flexibility index (Phi) is 4.16. The Balaban J connectivity index is 1.59. The van der Waals surface area contributed by atoms with Gasteiger partial charge in [0.1, 0.15) is 16.9 Å². The molecule has 0 saturated carbocycles. The summed E-state index contributed by atoms with van der Waals surface area (Å²) in [6, 6.07) is 28.7. The molecule has 6 rings (SSSR count). The van der Waals surface area contributed by atoms with Crippen LogP contribution < -0.4 is 10.6 Å². The van der Waals surface area contributed by atoms with Crippen molar-refractivity contribution in [2.45, 2.75) is 6.17 Å². The highest BCUT2D eigenvalue weighted by Gasteiger charge is 2.31. The van der Waals surface area contributed by atoms with E-state index in [0.29, 0.717) is 8.83 Å². The Morgan fingerprint density at radius 3 is 2.10 bits per heavy atom. The maximum Gasteiger partial charge on any atom is 0.267 e. The van der Waals surface area contributed by atoms with Gasteiger partial charge in [0.2, 0.25) is 0 Å². The molecule has 2 heterocycles. The van der Waals surface area contributed by atoms with Gasteiger partial charge in [0.25, 0.3) is 5.91 Å². The van der Waals surface area contributed by atoms with Gasteiger partial charge < -0.3 is 10.6 Å². The lowest BCUT2D eigenvalue weighted by atomic mass is 9.94. The molecule has 4 aromatic carbocycles. The maximum absolute atomic E-state index is 13.1. The molecule has 31 heavy (non-hydrogen) atoms. The summed E-state index contributed by atoms with van der Waals surface area (Å²) in [5.41, 5.74) is 2.00. The van der Waals surface area contributed by atoms with Gasteiger partial charge in [-0.3, -0.25) is 9.36 Å². The molecular weight excluding hydrogens is 422 g/mol. The quantitative estimate of drug-likeness (QED) is 0.246. The van der Waals surface area contributed by atoms with Crippen LogP contribution in [0, 0.1) is 3.95 Å². The van der Waals surface area contributed by atoms with Crippen molar-refractivity contribution in [2.24, 2.45) is 0 Å². The molecule has 4 nitrogen and oxygen atoms in total. The van der Waals surface area contributed by atoms with Crippen LogP contribution in [0.4, 0.5) is 5.82 Å². The first-order valence-corrected chi connectivity index (χ1v) is 11.2. The van der Waals surface area contributed by atoms with Crippen LogP contribution in [0.1, 0.15) is 21.4 Å². The van der Waals surface area contributed by atoms with Crippen molar-refractivity contribution in [3.05, 3.63) is 99.3 Å². The normalized spacial score (nSPS) is 15.5. The summed E-state index contributed by atoms with van der Waals surface area (Å²) in [4.78, 5) is 13.7. The molecule has 0 radical (unpaired) electrons. The molecule has 0 unspecified atom stereocenters. The second kappa shape index (κ2) is 7.04. The number of rotatable bonds is 2. The largest absolute Gasteiger partial charge is 0.346 e. The van der Waals surface area contributed by atoms with Crippen molar-refractivity contribution in [1.29, 1.82) is 0 Å². The molecule has 1 aromatic heterocycles. The standard InChI is InChI=1S/C25H17N3OS2/c29-24-21-23(28(25(30)31-21)17-10-2-1-3-11-17)26-22(27-24)20-18-12-6-4-8-15(18)14-16-9-5-7-13-19(16)20/h1-14,22,26H,(H,27,29)/t22-/m1/s1. The van der Waals surface area contributed by atoms with E-state index in [1.165, 1.54) is 11.3 Å². The monoisotopic (exact) mass is 439 g/mol. The molecule has 0 saturated heterocycles. The second-order valence-electron chi connectivity index (χ2n) is 7.50. The molecule has 1 aliphatic heterocycles. The van der Waals surface area contributed by atoms with Crippen LogP contribution in [-0.4, -0.2) is 10.5 Å². The van der Waals surface area contributed by atoms with Gasteiger partial charge in [0.05, 0.1) is 0 Å². The lowest BCUT2D eigenvalue weighted by Gasteiger charge is -2.29. The molecule has 2 N–H and O–H groups in total. The summed E-state index contributed by atoms with van der Waals surface area (Å²) >= 11 is 6.95. The van der Waals surface area contributed by atoms with E-state index in [9.17, 15) is 4.79 Å². The number of anilines is 1. The van der Waals surface area contributed by atoms with E-state index in [-0.39, 0.29) is 12.1 Å². The van der Waals surface area contributed by atoms with Gasteiger partial charge in [0.15, 0.2) is 3.95 Å². The third-order valence-corrected chi connectivity index (χ3v) is 7.06. The topological polar surface area (TPSA) is 46.1 Å². The molecule has 0 spiro atoms. The fourth-order valence-electron chi connectivity index (χ4n) is 4.34. The molecule has 1 atom stereocenters. The zero-order chi connectivity index (χ0) is 20.9. The summed E-state index contributed by atoms with van der Waals surface area (Å²) in [7, 11) is 0. The van der Waals surface area contributed by atoms with E-state index in [2.05, 4.69) is 41.0 Å². The first-order chi connectivity index (χ1) is 15.2. The van der Waals surface area contributed by atoms with Crippen molar-refractivity contribution in [3.63, 3.8) is 0 Å². The van der Waals surface area contributed by atoms with Crippen LogP contribution >= 0.6 is 23.6 Å². The van der Waals surface area contributed by atoms with Crippen LogP contribution in [0.15, 0.2) is 84.9 Å². The number of nitrogens with zero attached hydrogens (tertiary/aromatic N) is 1. The van der Waals surface area contributed by atoms with Crippen molar-refractivity contribution in [2.75, 3.05) is 5.32 Å². The molecule has 0 fully saturated rings. The van der Waals surface area contributed by atoms with Crippen molar-refractivity contribution < 1.29 is 4.79 Å². The average molecular weight is 440 g/mol. The Bertz CT molecular complexity index is 1480. The van der Waals surface area contributed by atoms with E-state index < -0.39 is 0 Å². The third-order valence-electron chi connectivity index (χ3n) is 5.69. The number of carbonyl (C=O) groups is 1. The predicted molar refractivity (Wildman–Crippen MR) is 130 cm³/mol. The highest BCUT2D eigenvalue weighted by Crippen LogP contribution is 2.38. The van der Waals surface area contributed by atoms with Gasteiger partial charge in [-0.2, -0.15) is 0 Å². The highest BCUT2D eigenvalue weighted by atomic mass is 32.1. The van der Waals surface area contributed by atoms with E-state index in [4.69, 9.17) is 12.2 Å². The minimum atomic E-state index is -0.380. The van der Waals surface area contributed by atoms with E-state index in [1.54, 1.807) is 0 Å². The van der Waals surface area contributed by atoms with Crippen LogP contribution in [0.3, 0.4) is 0 Å². The van der Waals surface area contributed by atoms with Gasteiger partial charge in [-0.15, -0.1) is 0 Å². The minimum absolute atomic E-state index is 0.110. The van der Waals surface area contributed by atoms with Gasteiger partial charge in [-0.05, 0) is 52.0 Å². The summed E-state index contributed by atoms with van der Waals surface area (Å²) < 4.78 is 2.59. The lowest BCUT2D eigenvalue weighted by Crippen LogP contribution is -2.38. The smallest absolute Gasteiger partial charge is 0.267 e. The number of para-hydroxylation sites is 1. The zero-order valence-corrected chi connectivity index (χ0v) is 18.0. The van der Waals surface area contributed by atoms with Gasteiger partial charge >= 0.3 is 0 Å². The summed E-state index contributed by atoms with van der Waals surface area (Å²) in [6.07, 6.45) is -0.380. The summed E-state index contributed by atoms with van der Waals surface area (Å²) in [5.74, 6) is 0.633. The van der Waals surface area contributed by atoms with E-state index >= 15 is 0 Å². The molecule has 0 aliphatic carbocycles. The maximum atomic E-state index is 13.1. The first kappa shape index (κ1) is 18.3. The molecule has 5 aromatic rings. The Hall–Kier alpha value is -3.48. The zero-order valence-electron chi connectivity index (χ0n) is 16.3. The fraction of sp³-hybridized carbons (Fsp3) is 0.0400. The van der Waals surface area contributed by atoms with Crippen LogP contribution in [0.25, 0.3) is 27.2 Å². The van der Waals surface area contributed by atoms with E-state index in [0.717, 1.165) is 38.6 Å². The number of hydrogen-bond donors (Lipinski definition) is 2. The number of carbonyl (C=O) groups excluding carboxylic acids is 1.